The van der Waals surface area contributed by atoms with Crippen LogP contribution in [-0.2, 0) is 11.3 Å². The van der Waals surface area contributed by atoms with Gasteiger partial charge >= 0.3 is 0 Å². The maximum atomic E-state index is 11.6. The third kappa shape index (κ3) is 4.96. The molecule has 1 heterocycles. The van der Waals surface area contributed by atoms with Gasteiger partial charge in [-0.2, -0.15) is 5.26 Å². The standard InChI is InChI=1S/C21H22N2O9/c1-11-5-13(10-30-14-4-2-3-12(6-14)8-22)15(23(28)29)7-16(11)31-21-20(27)19(26)18(25)17(9-24)32-21/h2-7,17-21,24-27H,9-10H2,1H3. The van der Waals surface area contributed by atoms with Gasteiger partial charge in [-0.25, -0.2) is 0 Å². The van der Waals surface area contributed by atoms with Gasteiger partial charge < -0.3 is 34.6 Å². The third-order valence-electron chi connectivity index (χ3n) is 5.02. The topological polar surface area (TPSA) is 176 Å². The Morgan fingerprint density at radius 2 is 1.94 bits per heavy atom. The van der Waals surface area contributed by atoms with E-state index >= 15 is 0 Å². The molecule has 1 aliphatic heterocycles. The minimum absolute atomic E-state index is 0.0104. The fourth-order valence-electron chi connectivity index (χ4n) is 3.26. The van der Waals surface area contributed by atoms with Crippen molar-refractivity contribution in [2.24, 2.45) is 0 Å². The van der Waals surface area contributed by atoms with Crippen LogP contribution in [0.5, 0.6) is 11.5 Å². The van der Waals surface area contributed by atoms with Crippen LogP contribution in [0.1, 0.15) is 16.7 Å². The van der Waals surface area contributed by atoms with E-state index in [1.807, 2.05) is 6.07 Å². The Hall–Kier alpha value is -3.27. The number of aliphatic hydroxyl groups is 4. The number of nitro groups is 1. The van der Waals surface area contributed by atoms with Crippen LogP contribution >= 0.6 is 0 Å². The zero-order valence-electron chi connectivity index (χ0n) is 17.0. The molecule has 170 valence electrons. The smallest absolute Gasteiger partial charge is 0.279 e. The van der Waals surface area contributed by atoms with Gasteiger partial charge in [0.15, 0.2) is 0 Å². The van der Waals surface area contributed by atoms with E-state index in [0.717, 1.165) is 6.07 Å². The average Bonchev–Trinajstić information content (AvgIpc) is 2.79. The Morgan fingerprint density at radius 1 is 1.19 bits per heavy atom. The van der Waals surface area contributed by atoms with Crippen LogP contribution in [0.2, 0.25) is 0 Å². The number of ether oxygens (including phenoxy) is 3. The van der Waals surface area contributed by atoms with Crippen LogP contribution < -0.4 is 9.47 Å². The van der Waals surface area contributed by atoms with E-state index in [4.69, 9.17) is 19.5 Å². The highest BCUT2D eigenvalue weighted by Crippen LogP contribution is 2.32. The predicted molar refractivity (Wildman–Crippen MR) is 108 cm³/mol. The number of nitriles is 1. The number of hydrogen-bond donors (Lipinski definition) is 4. The molecule has 0 bridgehead atoms. The molecule has 5 atom stereocenters. The molecule has 2 aromatic carbocycles. The van der Waals surface area contributed by atoms with Crippen molar-refractivity contribution in [2.45, 2.75) is 44.2 Å². The molecule has 4 N–H and O–H groups in total. The normalized spacial score (nSPS) is 25.1. The number of nitrogens with zero attached hydrogens (tertiary/aromatic N) is 2. The van der Waals surface area contributed by atoms with E-state index < -0.39 is 42.2 Å². The van der Waals surface area contributed by atoms with Crippen molar-refractivity contribution in [1.82, 2.24) is 0 Å². The summed E-state index contributed by atoms with van der Waals surface area (Å²) in [5.41, 5.74) is 0.774. The number of aliphatic hydroxyl groups excluding tert-OH is 4. The molecule has 11 nitrogen and oxygen atoms in total. The molecule has 32 heavy (non-hydrogen) atoms. The van der Waals surface area contributed by atoms with Crippen molar-refractivity contribution >= 4 is 5.69 Å². The lowest BCUT2D eigenvalue weighted by Crippen LogP contribution is -2.60. The summed E-state index contributed by atoms with van der Waals surface area (Å²) in [5, 5.41) is 59.8. The maximum absolute atomic E-state index is 11.6. The van der Waals surface area contributed by atoms with Gasteiger partial charge in [-0.05, 0) is 36.8 Å². The van der Waals surface area contributed by atoms with Crippen LogP contribution in [0.4, 0.5) is 5.69 Å². The molecule has 0 saturated carbocycles. The lowest BCUT2D eigenvalue weighted by Gasteiger charge is -2.39. The second-order valence-electron chi connectivity index (χ2n) is 7.25. The molecule has 0 spiro atoms. The highest BCUT2D eigenvalue weighted by Gasteiger charge is 2.45. The fourth-order valence-corrected chi connectivity index (χ4v) is 3.26. The molecule has 11 heteroatoms. The van der Waals surface area contributed by atoms with E-state index in [-0.39, 0.29) is 23.6 Å². The molecule has 1 saturated heterocycles. The van der Waals surface area contributed by atoms with Crippen LogP contribution in [0.25, 0.3) is 0 Å². The van der Waals surface area contributed by atoms with E-state index in [9.17, 15) is 30.5 Å². The van der Waals surface area contributed by atoms with Crippen molar-refractivity contribution in [3.63, 3.8) is 0 Å². The first kappa shape index (κ1) is 23.4. The lowest BCUT2D eigenvalue weighted by atomic mass is 9.99. The molecule has 0 amide bonds. The van der Waals surface area contributed by atoms with Gasteiger partial charge in [0.2, 0.25) is 6.29 Å². The Kier molecular flexibility index (Phi) is 7.24. The molecule has 0 aromatic heterocycles. The zero-order valence-corrected chi connectivity index (χ0v) is 17.0. The first-order valence-corrected chi connectivity index (χ1v) is 9.63. The van der Waals surface area contributed by atoms with Crippen molar-refractivity contribution in [3.8, 4) is 17.6 Å². The quantitative estimate of drug-likeness (QED) is 0.347. The predicted octanol–water partition coefficient (Wildman–Crippen LogP) is 0.533. The van der Waals surface area contributed by atoms with Gasteiger partial charge in [-0.15, -0.1) is 0 Å². The Morgan fingerprint density at radius 3 is 2.59 bits per heavy atom. The van der Waals surface area contributed by atoms with Gasteiger partial charge in [0, 0.05) is 0 Å². The molecule has 1 fully saturated rings. The summed E-state index contributed by atoms with van der Waals surface area (Å²) in [6.45, 7) is 0.836. The second-order valence-corrected chi connectivity index (χ2v) is 7.25. The Balaban J connectivity index is 1.82. The van der Waals surface area contributed by atoms with Gasteiger partial charge in [0.05, 0.1) is 34.8 Å². The van der Waals surface area contributed by atoms with Crippen LogP contribution in [0.15, 0.2) is 36.4 Å². The third-order valence-corrected chi connectivity index (χ3v) is 5.02. The van der Waals surface area contributed by atoms with E-state index in [2.05, 4.69) is 0 Å². The van der Waals surface area contributed by atoms with Gasteiger partial charge in [0.25, 0.3) is 5.69 Å². The summed E-state index contributed by atoms with van der Waals surface area (Å²) in [4.78, 5) is 11.0. The molecule has 2 aromatic rings. The Bertz CT molecular complexity index is 1020. The van der Waals surface area contributed by atoms with Crippen molar-refractivity contribution in [3.05, 3.63) is 63.2 Å². The number of hydrogen-bond acceptors (Lipinski definition) is 10. The van der Waals surface area contributed by atoms with E-state index in [1.54, 1.807) is 25.1 Å². The number of nitro benzene ring substituents is 1. The van der Waals surface area contributed by atoms with E-state index in [1.165, 1.54) is 12.1 Å². The minimum Gasteiger partial charge on any atom is -0.489 e. The highest BCUT2D eigenvalue weighted by atomic mass is 16.7. The van der Waals surface area contributed by atoms with Crippen LogP contribution in [0.3, 0.4) is 0 Å². The van der Waals surface area contributed by atoms with Gasteiger partial charge in [-0.1, -0.05) is 6.07 Å². The van der Waals surface area contributed by atoms with Crippen molar-refractivity contribution in [2.75, 3.05) is 6.61 Å². The van der Waals surface area contributed by atoms with Crippen molar-refractivity contribution < 1.29 is 39.6 Å². The highest BCUT2D eigenvalue weighted by molar-refractivity contribution is 5.50. The average molecular weight is 446 g/mol. The first-order chi connectivity index (χ1) is 15.2. The minimum atomic E-state index is -1.65. The molecule has 1 aliphatic rings. The van der Waals surface area contributed by atoms with Gasteiger partial charge in [-0.3, -0.25) is 10.1 Å². The summed E-state index contributed by atoms with van der Waals surface area (Å²) in [6.07, 6.45) is -7.49. The van der Waals surface area contributed by atoms with Crippen LogP contribution in [-0.4, -0.2) is 62.7 Å². The summed E-state index contributed by atoms with van der Waals surface area (Å²) >= 11 is 0. The largest absolute Gasteiger partial charge is 0.489 e. The number of benzene rings is 2. The Labute approximate surface area is 182 Å². The zero-order chi connectivity index (χ0) is 23.4. The number of aryl methyl sites for hydroxylation is 1. The SMILES string of the molecule is Cc1cc(COc2cccc(C#N)c2)c([N+](=O)[O-])cc1OC1OC(CO)C(O)C(O)C1O. The summed E-state index contributed by atoms with van der Waals surface area (Å²) in [7, 11) is 0. The fraction of sp³-hybridized carbons (Fsp3) is 0.381. The molecule has 5 unspecified atom stereocenters. The number of rotatable bonds is 7. The summed E-state index contributed by atoms with van der Waals surface area (Å²) in [5.74, 6) is 0.383. The monoisotopic (exact) mass is 446 g/mol. The van der Waals surface area contributed by atoms with E-state index in [0.29, 0.717) is 16.9 Å². The van der Waals surface area contributed by atoms with Crippen LogP contribution in [0, 0.1) is 28.4 Å². The summed E-state index contributed by atoms with van der Waals surface area (Å²) < 4.78 is 16.4. The molecule has 3 rings (SSSR count). The molecular weight excluding hydrogens is 424 g/mol. The maximum Gasteiger partial charge on any atom is 0.279 e. The lowest BCUT2D eigenvalue weighted by molar-refractivity contribution is -0.386. The molecule has 0 aliphatic carbocycles. The summed E-state index contributed by atoms with van der Waals surface area (Å²) in [6, 6.07) is 11.0. The first-order valence-electron chi connectivity index (χ1n) is 9.63. The second kappa shape index (κ2) is 9.90. The molecular formula is C21H22N2O9. The molecule has 0 radical (unpaired) electrons. The van der Waals surface area contributed by atoms with Gasteiger partial charge in [0.1, 0.15) is 42.5 Å². The van der Waals surface area contributed by atoms with Crippen molar-refractivity contribution in [1.29, 1.82) is 5.26 Å².